The Labute approximate surface area is 207 Å². The molecule has 5 aliphatic carbocycles. The molecular weight excluding hydrogens is 484 g/mol. The smallest absolute Gasteiger partial charge is 0.408 e. The quantitative estimate of drug-likeness (QED) is 0.273. The van der Waals surface area contributed by atoms with Crippen molar-refractivity contribution in [3.05, 3.63) is 75.7 Å². The highest BCUT2D eigenvalue weighted by Crippen LogP contribution is 2.97. The Balaban J connectivity index is 1.01. The van der Waals surface area contributed by atoms with E-state index in [1.54, 1.807) is 30.5 Å². The van der Waals surface area contributed by atoms with Crippen molar-refractivity contribution in [3.8, 4) is 0 Å². The minimum atomic E-state index is -0.534. The minimum Gasteiger partial charge on any atom is -0.408 e. The Morgan fingerprint density at radius 2 is 2.11 bits per heavy atom. The van der Waals surface area contributed by atoms with Crippen molar-refractivity contribution in [3.63, 3.8) is 0 Å². The first-order valence-corrected chi connectivity index (χ1v) is 12.2. The van der Waals surface area contributed by atoms with Crippen LogP contribution in [0.3, 0.4) is 0 Å². The molecule has 180 valence electrons. The van der Waals surface area contributed by atoms with Gasteiger partial charge in [0.25, 0.3) is 11.8 Å². The van der Waals surface area contributed by atoms with E-state index in [9.17, 15) is 14.4 Å². The van der Waals surface area contributed by atoms with Gasteiger partial charge in [0.15, 0.2) is 11.2 Å². The number of carbonyl (C=O) groups excluding carboxylic acids is 2. The summed E-state index contributed by atoms with van der Waals surface area (Å²) >= 11 is 6.63. The Morgan fingerprint density at radius 3 is 2.89 bits per heavy atom. The summed E-state index contributed by atoms with van der Waals surface area (Å²) in [6.07, 6.45) is 5.83. The summed E-state index contributed by atoms with van der Waals surface area (Å²) in [6, 6.07) is 8.26. The summed E-state index contributed by atoms with van der Waals surface area (Å²) in [4.78, 5) is 44.4. The van der Waals surface area contributed by atoms with E-state index in [0.29, 0.717) is 29.2 Å². The molecule has 1 aromatic carbocycles. The summed E-state index contributed by atoms with van der Waals surface area (Å²) in [5.74, 6) is -0.705. The van der Waals surface area contributed by atoms with E-state index in [-0.39, 0.29) is 39.5 Å². The average molecular weight is 503 g/mol. The van der Waals surface area contributed by atoms with Crippen LogP contribution in [0.15, 0.2) is 57.4 Å². The number of nitrogens with one attached hydrogen (secondary N) is 3. The number of fused-ring (bicyclic) bond motifs is 2. The maximum Gasteiger partial charge on any atom is 0.417 e. The summed E-state index contributed by atoms with van der Waals surface area (Å²) in [5.41, 5.74) is 4.16. The zero-order valence-electron chi connectivity index (χ0n) is 18.8. The van der Waals surface area contributed by atoms with Gasteiger partial charge in [0.1, 0.15) is 11.4 Å². The number of benzene rings is 1. The summed E-state index contributed by atoms with van der Waals surface area (Å²) in [6.45, 7) is 0.752. The number of amides is 2. The van der Waals surface area contributed by atoms with Crippen molar-refractivity contribution >= 4 is 40.2 Å². The van der Waals surface area contributed by atoms with E-state index in [1.807, 2.05) is 0 Å². The van der Waals surface area contributed by atoms with Crippen molar-refractivity contribution < 1.29 is 14.0 Å². The number of oxazole rings is 1. The maximum atomic E-state index is 13.2. The van der Waals surface area contributed by atoms with Gasteiger partial charge in [-0.3, -0.25) is 14.6 Å². The van der Waals surface area contributed by atoms with Gasteiger partial charge in [-0.1, -0.05) is 12.1 Å². The van der Waals surface area contributed by atoms with Crippen LogP contribution >= 0.6 is 11.6 Å². The highest BCUT2D eigenvalue weighted by Gasteiger charge is 2.94. The number of hydrogen-bond acceptors (Lipinski definition) is 6. The Kier molecular flexibility index (Phi) is 3.52. The molecule has 2 amide bonds. The van der Waals surface area contributed by atoms with Crippen molar-refractivity contribution in [2.75, 3.05) is 6.54 Å². The van der Waals surface area contributed by atoms with Crippen molar-refractivity contribution in [1.29, 1.82) is 0 Å². The van der Waals surface area contributed by atoms with Crippen LogP contribution < -0.4 is 16.4 Å². The number of carbonyl (C=O) groups is 2. The Morgan fingerprint density at radius 1 is 1.22 bits per heavy atom. The third kappa shape index (κ3) is 2.22. The number of rotatable bonds is 6. The molecule has 3 aromatic heterocycles. The molecule has 36 heavy (non-hydrogen) atoms. The second-order valence-corrected chi connectivity index (χ2v) is 11.0. The Hall–Kier alpha value is -3.92. The molecule has 1 spiro atoms. The van der Waals surface area contributed by atoms with E-state index in [1.165, 1.54) is 16.2 Å². The van der Waals surface area contributed by atoms with Crippen LogP contribution in [0.2, 0.25) is 0 Å². The van der Waals surface area contributed by atoms with Crippen LogP contribution in [0.1, 0.15) is 39.4 Å². The molecule has 0 saturated heterocycles. The molecule has 4 fully saturated rings. The lowest BCUT2D eigenvalue weighted by Crippen LogP contribution is -2.92. The number of hydrogen-bond donors (Lipinski definition) is 3. The van der Waals surface area contributed by atoms with Crippen molar-refractivity contribution in [2.24, 2.45) is 16.7 Å². The van der Waals surface area contributed by atoms with Gasteiger partial charge >= 0.3 is 5.76 Å². The fraction of sp³-hybridized carbons (Fsp3) is 0.320. The number of H-pyrrole nitrogens is 1. The third-order valence-electron chi connectivity index (χ3n) is 8.81. The van der Waals surface area contributed by atoms with Crippen LogP contribution in [0.4, 0.5) is 0 Å². The summed E-state index contributed by atoms with van der Waals surface area (Å²) in [5, 5.41) is 10.1. The van der Waals surface area contributed by atoms with Gasteiger partial charge < -0.3 is 15.1 Å². The average Bonchev–Trinajstić information content (AvgIpc) is 3.49. The molecule has 0 radical (unpaired) electrons. The molecule has 4 unspecified atom stereocenters. The van der Waals surface area contributed by atoms with Crippen LogP contribution in [-0.4, -0.2) is 42.8 Å². The molecule has 4 saturated carbocycles. The zero-order valence-corrected chi connectivity index (χ0v) is 19.6. The normalized spacial score (nSPS) is 30.4. The first-order valence-electron chi connectivity index (χ1n) is 11.8. The number of alkyl halides is 1. The molecule has 4 aromatic rings. The maximum absolute atomic E-state index is 13.2. The first kappa shape index (κ1) is 20.3. The van der Waals surface area contributed by atoms with Crippen molar-refractivity contribution in [2.45, 2.75) is 24.3 Å². The van der Waals surface area contributed by atoms with Crippen molar-refractivity contribution in [1.82, 2.24) is 30.2 Å². The number of halogens is 1. The number of nitrogens with zero attached hydrogens (tertiary/aromatic N) is 3. The second-order valence-electron chi connectivity index (χ2n) is 10.3. The predicted octanol–water partition coefficient (Wildman–Crippen LogP) is 2.15. The van der Waals surface area contributed by atoms with Gasteiger partial charge in [-0.25, -0.2) is 14.3 Å². The second kappa shape index (κ2) is 6.25. The molecule has 9 rings (SSSR count). The lowest BCUT2D eigenvalue weighted by Gasteiger charge is -2.94. The standard InChI is InChI=1S/C25H19ClN6O4/c26-25-10-24-17(25)7-23(24,8-18(24)25)11-28-21(34)15-6-14(30-19-3-4-29-32(15)19)20(33)27-9-12-1-2-16-13(5-12)31-22(35)36-16/h1-7,18H,8-11H2,(H,27,33)(H,28,34)(H,31,35). The Bertz CT molecular complexity index is 1770. The fourth-order valence-corrected chi connectivity index (χ4v) is 7.72. The van der Waals surface area contributed by atoms with Gasteiger partial charge in [0.05, 0.1) is 16.6 Å². The minimum absolute atomic E-state index is 0.0239. The molecule has 4 atom stereocenters. The highest BCUT2D eigenvalue weighted by molar-refractivity contribution is 6.30. The van der Waals surface area contributed by atoms with E-state index in [4.69, 9.17) is 16.0 Å². The van der Waals surface area contributed by atoms with Gasteiger partial charge in [-0.2, -0.15) is 5.10 Å². The third-order valence-corrected chi connectivity index (χ3v) is 9.42. The SMILES string of the molecule is O=C(NCc1ccc2oc(=O)[nH]c2c1)c1cc(C(=O)NCC23C=C4C5(Cl)CC42C5C3)n2nccc2n1. The monoisotopic (exact) mass is 502 g/mol. The van der Waals surface area contributed by atoms with E-state index in [2.05, 4.69) is 31.8 Å². The number of allylic oxidation sites excluding steroid dienone is 1. The van der Waals surface area contributed by atoms with Gasteiger partial charge in [0, 0.05) is 36.1 Å². The van der Waals surface area contributed by atoms with Gasteiger partial charge in [-0.05, 0) is 42.0 Å². The van der Waals surface area contributed by atoms with Gasteiger partial charge in [-0.15, -0.1) is 11.6 Å². The molecule has 0 aliphatic heterocycles. The summed E-state index contributed by atoms with van der Waals surface area (Å²) in [7, 11) is 0. The number of aromatic nitrogens is 4. The lowest BCUT2D eigenvalue weighted by atomic mass is 9.12. The first-order chi connectivity index (χ1) is 17.3. The number of aromatic amines is 1. The summed E-state index contributed by atoms with van der Waals surface area (Å²) < 4.78 is 6.44. The molecule has 2 bridgehead atoms. The molecular formula is C25H19ClN6O4. The molecule has 10 nitrogen and oxygen atoms in total. The largest absolute Gasteiger partial charge is 0.417 e. The van der Waals surface area contributed by atoms with Crippen LogP contribution in [0.5, 0.6) is 0 Å². The topological polar surface area (TPSA) is 134 Å². The molecule has 3 heterocycles. The predicted molar refractivity (Wildman–Crippen MR) is 128 cm³/mol. The molecule has 5 aliphatic rings. The molecule has 3 N–H and O–H groups in total. The van der Waals surface area contributed by atoms with E-state index >= 15 is 0 Å². The van der Waals surface area contributed by atoms with Gasteiger partial charge in [0.2, 0.25) is 0 Å². The van der Waals surface area contributed by atoms with Crippen LogP contribution in [0.25, 0.3) is 16.7 Å². The fourth-order valence-electron chi connectivity index (χ4n) is 7.02. The van der Waals surface area contributed by atoms with E-state index < -0.39 is 11.7 Å². The zero-order chi connectivity index (χ0) is 24.4. The highest BCUT2D eigenvalue weighted by atomic mass is 35.5. The van der Waals surface area contributed by atoms with E-state index in [0.717, 1.165) is 18.4 Å². The lowest BCUT2D eigenvalue weighted by molar-refractivity contribution is -0.292. The van der Waals surface area contributed by atoms with Crippen LogP contribution in [-0.2, 0) is 6.54 Å². The molecule has 11 heteroatoms. The van der Waals surface area contributed by atoms with Crippen LogP contribution in [0, 0.1) is 16.7 Å².